The van der Waals surface area contributed by atoms with E-state index in [0.29, 0.717) is 5.56 Å². The molecule has 0 bridgehead atoms. The summed E-state index contributed by atoms with van der Waals surface area (Å²) in [5.41, 5.74) is 1.68. The number of benzene rings is 3. The molecule has 6 heteroatoms. The Hall–Kier alpha value is -2.96. The largest absolute Gasteiger partial charge is 0.351 e. The maximum Gasteiger partial charge on any atom is 0.241 e. The van der Waals surface area contributed by atoms with Crippen molar-refractivity contribution in [3.63, 3.8) is 0 Å². The van der Waals surface area contributed by atoms with Gasteiger partial charge in [-0.3, -0.25) is 4.79 Å². The number of rotatable bonds is 7. The van der Waals surface area contributed by atoms with E-state index in [0.717, 1.165) is 11.1 Å². The van der Waals surface area contributed by atoms with Crippen molar-refractivity contribution in [3.8, 4) is 0 Å². The third-order valence-electron chi connectivity index (χ3n) is 4.68. The van der Waals surface area contributed by atoms with Gasteiger partial charge in [0, 0.05) is 12.1 Å². The first-order valence-corrected chi connectivity index (χ1v) is 11.7. The number of carbonyl (C=O) groups is 1. The minimum atomic E-state index is -3.72. The Bertz CT molecular complexity index is 1080. The predicted octanol–water partition coefficient (Wildman–Crippen LogP) is 4.21. The smallest absolute Gasteiger partial charge is 0.241 e. The minimum absolute atomic E-state index is 0.107. The zero-order chi connectivity index (χ0) is 22.5. The van der Waals surface area contributed by atoms with E-state index in [2.05, 4.69) is 10.0 Å². The summed E-state index contributed by atoms with van der Waals surface area (Å²) in [6.45, 7) is 5.48. The molecule has 0 heterocycles. The molecule has 0 aliphatic rings. The second-order valence-corrected chi connectivity index (χ2v) is 10.1. The Balaban J connectivity index is 1.86. The van der Waals surface area contributed by atoms with E-state index in [1.165, 1.54) is 0 Å². The molecule has 5 nitrogen and oxygen atoms in total. The van der Waals surface area contributed by atoms with Crippen LogP contribution in [0.25, 0.3) is 0 Å². The van der Waals surface area contributed by atoms with Gasteiger partial charge in [0.15, 0.2) is 0 Å². The second kappa shape index (κ2) is 9.45. The topological polar surface area (TPSA) is 75.3 Å². The molecular formula is C25H28N2O3S. The third kappa shape index (κ3) is 6.03. The lowest BCUT2D eigenvalue weighted by molar-refractivity contribution is -0.121. The number of amides is 1. The van der Waals surface area contributed by atoms with E-state index in [4.69, 9.17) is 0 Å². The predicted molar refractivity (Wildman–Crippen MR) is 123 cm³/mol. The Morgan fingerprint density at radius 1 is 0.806 bits per heavy atom. The average Bonchev–Trinajstić information content (AvgIpc) is 2.72. The molecule has 0 aromatic heterocycles. The summed E-state index contributed by atoms with van der Waals surface area (Å²) in [5, 5.41) is 2.94. The Kier molecular flexibility index (Phi) is 6.93. The van der Waals surface area contributed by atoms with E-state index in [9.17, 15) is 13.2 Å². The minimum Gasteiger partial charge on any atom is -0.351 e. The fraction of sp³-hybridized carbons (Fsp3) is 0.240. The van der Waals surface area contributed by atoms with Gasteiger partial charge < -0.3 is 5.32 Å². The average molecular weight is 437 g/mol. The van der Waals surface area contributed by atoms with E-state index in [1.807, 2.05) is 60.7 Å². The van der Waals surface area contributed by atoms with Gasteiger partial charge in [-0.2, -0.15) is 0 Å². The molecule has 0 spiro atoms. The van der Waals surface area contributed by atoms with Crippen LogP contribution in [0, 0.1) is 0 Å². The SMILES string of the molecule is CC(C)(C)NS(=O)(=O)c1ccccc1CNC(=O)C(c1ccccc1)c1ccccc1. The molecule has 31 heavy (non-hydrogen) atoms. The summed E-state index contributed by atoms with van der Waals surface area (Å²) < 4.78 is 28.4. The van der Waals surface area contributed by atoms with Crippen molar-refractivity contribution in [1.82, 2.24) is 10.0 Å². The van der Waals surface area contributed by atoms with Crippen molar-refractivity contribution in [3.05, 3.63) is 102 Å². The van der Waals surface area contributed by atoms with Gasteiger partial charge in [0.1, 0.15) is 0 Å². The monoisotopic (exact) mass is 436 g/mol. The lowest BCUT2D eigenvalue weighted by atomic mass is 9.90. The molecule has 3 rings (SSSR count). The first kappa shape index (κ1) is 22.7. The van der Waals surface area contributed by atoms with Crippen molar-refractivity contribution >= 4 is 15.9 Å². The number of carbonyl (C=O) groups excluding carboxylic acids is 1. The maximum atomic E-state index is 13.2. The quantitative estimate of drug-likeness (QED) is 0.583. The van der Waals surface area contributed by atoms with Crippen LogP contribution in [0.3, 0.4) is 0 Å². The lowest BCUT2D eigenvalue weighted by Gasteiger charge is -2.22. The number of hydrogen-bond acceptors (Lipinski definition) is 3. The molecular weight excluding hydrogens is 408 g/mol. The highest BCUT2D eigenvalue weighted by Gasteiger charge is 2.26. The number of nitrogens with one attached hydrogen (secondary N) is 2. The molecule has 0 saturated heterocycles. The Morgan fingerprint density at radius 2 is 1.29 bits per heavy atom. The normalized spacial score (nSPS) is 12.0. The van der Waals surface area contributed by atoms with Crippen LogP contribution in [0.5, 0.6) is 0 Å². The van der Waals surface area contributed by atoms with E-state index in [-0.39, 0.29) is 17.3 Å². The van der Waals surface area contributed by atoms with Gasteiger partial charge in [0.25, 0.3) is 0 Å². The first-order valence-electron chi connectivity index (χ1n) is 10.2. The van der Waals surface area contributed by atoms with Gasteiger partial charge in [-0.05, 0) is 43.5 Å². The summed E-state index contributed by atoms with van der Waals surface area (Å²) in [7, 11) is -3.72. The second-order valence-electron chi connectivity index (χ2n) is 8.44. The van der Waals surface area contributed by atoms with E-state index >= 15 is 0 Å². The summed E-state index contributed by atoms with van der Waals surface area (Å²) in [6, 6.07) is 25.8. The highest BCUT2D eigenvalue weighted by atomic mass is 32.2. The summed E-state index contributed by atoms with van der Waals surface area (Å²) >= 11 is 0. The zero-order valence-electron chi connectivity index (χ0n) is 18.0. The number of sulfonamides is 1. The van der Waals surface area contributed by atoms with Crippen LogP contribution in [-0.4, -0.2) is 19.9 Å². The number of hydrogen-bond donors (Lipinski definition) is 2. The van der Waals surface area contributed by atoms with Gasteiger partial charge in [0.05, 0.1) is 10.8 Å². The molecule has 0 radical (unpaired) electrons. The van der Waals surface area contributed by atoms with Crippen molar-refractivity contribution < 1.29 is 13.2 Å². The fourth-order valence-electron chi connectivity index (χ4n) is 3.44. The molecule has 162 valence electrons. The van der Waals surface area contributed by atoms with E-state index in [1.54, 1.807) is 45.0 Å². The molecule has 3 aromatic rings. The van der Waals surface area contributed by atoms with Gasteiger partial charge in [0.2, 0.25) is 15.9 Å². The zero-order valence-corrected chi connectivity index (χ0v) is 18.8. The highest BCUT2D eigenvalue weighted by molar-refractivity contribution is 7.89. The molecule has 0 saturated carbocycles. The first-order chi connectivity index (χ1) is 14.7. The molecule has 2 N–H and O–H groups in total. The maximum absolute atomic E-state index is 13.2. The van der Waals surface area contributed by atoms with Crippen LogP contribution in [0.15, 0.2) is 89.8 Å². The Labute approximate surface area is 184 Å². The summed E-state index contributed by atoms with van der Waals surface area (Å²) in [4.78, 5) is 13.4. The fourth-order valence-corrected chi connectivity index (χ4v) is 5.10. The van der Waals surface area contributed by atoms with Crippen LogP contribution in [-0.2, 0) is 21.4 Å². The van der Waals surface area contributed by atoms with E-state index < -0.39 is 21.5 Å². The molecule has 0 aliphatic carbocycles. The van der Waals surface area contributed by atoms with Gasteiger partial charge >= 0.3 is 0 Å². The highest BCUT2D eigenvalue weighted by Crippen LogP contribution is 2.25. The summed E-state index contributed by atoms with van der Waals surface area (Å²) in [6.07, 6.45) is 0. The van der Waals surface area contributed by atoms with Crippen LogP contribution in [0.1, 0.15) is 43.4 Å². The van der Waals surface area contributed by atoms with Crippen LogP contribution in [0.4, 0.5) is 0 Å². The Morgan fingerprint density at radius 3 is 1.81 bits per heavy atom. The molecule has 0 fully saturated rings. The van der Waals surface area contributed by atoms with Gasteiger partial charge in [-0.1, -0.05) is 78.9 Å². The lowest BCUT2D eigenvalue weighted by Crippen LogP contribution is -2.41. The molecule has 0 aliphatic heterocycles. The van der Waals surface area contributed by atoms with Gasteiger partial charge in [-0.15, -0.1) is 0 Å². The van der Waals surface area contributed by atoms with Crippen LogP contribution in [0.2, 0.25) is 0 Å². The van der Waals surface area contributed by atoms with Crippen molar-refractivity contribution in [2.24, 2.45) is 0 Å². The van der Waals surface area contributed by atoms with Gasteiger partial charge in [-0.25, -0.2) is 13.1 Å². The summed E-state index contributed by atoms with van der Waals surface area (Å²) in [5.74, 6) is -0.674. The van der Waals surface area contributed by atoms with Crippen LogP contribution < -0.4 is 10.0 Å². The molecule has 0 atom stereocenters. The van der Waals surface area contributed by atoms with Crippen molar-refractivity contribution in [2.75, 3.05) is 0 Å². The standard InChI is InChI=1S/C25H28N2O3S/c1-25(2,3)27-31(29,30)22-17-11-10-16-21(22)18-26-24(28)23(19-12-6-4-7-13-19)20-14-8-5-9-15-20/h4-17,23,27H,18H2,1-3H3,(H,26,28). The van der Waals surface area contributed by atoms with Crippen molar-refractivity contribution in [1.29, 1.82) is 0 Å². The molecule has 3 aromatic carbocycles. The third-order valence-corrected chi connectivity index (χ3v) is 6.54. The molecule has 1 amide bonds. The van der Waals surface area contributed by atoms with Crippen molar-refractivity contribution in [2.45, 2.75) is 43.7 Å². The molecule has 0 unspecified atom stereocenters. The van der Waals surface area contributed by atoms with Crippen LogP contribution >= 0.6 is 0 Å².